The summed E-state index contributed by atoms with van der Waals surface area (Å²) in [7, 11) is 0. The molecule has 0 aromatic heterocycles. The molecule has 31 heavy (non-hydrogen) atoms. The number of hydrogen-bond acceptors (Lipinski definition) is 9. The van der Waals surface area contributed by atoms with E-state index < -0.39 is 42.2 Å². The molecule has 1 aliphatic heterocycles. The lowest BCUT2D eigenvalue weighted by Gasteiger charge is -2.38. The first-order valence-corrected chi connectivity index (χ1v) is 9.97. The van der Waals surface area contributed by atoms with Crippen LogP contribution < -0.4 is 10.1 Å². The third-order valence-corrected chi connectivity index (χ3v) is 4.46. The predicted molar refractivity (Wildman–Crippen MR) is 109 cm³/mol. The first-order chi connectivity index (χ1) is 14.3. The lowest BCUT2D eigenvalue weighted by molar-refractivity contribution is -0.271. The van der Waals surface area contributed by atoms with Gasteiger partial charge < -0.3 is 40.0 Å². The van der Waals surface area contributed by atoms with Gasteiger partial charge in [0.2, 0.25) is 6.29 Å². The number of aliphatic carboxylic acids is 1. The summed E-state index contributed by atoms with van der Waals surface area (Å²) in [5, 5.41) is 42.5. The second kappa shape index (κ2) is 9.82. The summed E-state index contributed by atoms with van der Waals surface area (Å²) < 4.78 is 16.1. The van der Waals surface area contributed by atoms with Crippen LogP contribution in [-0.4, -0.2) is 68.6 Å². The van der Waals surface area contributed by atoms with E-state index in [1.165, 1.54) is 0 Å². The van der Waals surface area contributed by atoms with E-state index in [2.05, 4.69) is 5.32 Å². The highest BCUT2D eigenvalue weighted by Crippen LogP contribution is 2.32. The van der Waals surface area contributed by atoms with Gasteiger partial charge in [-0.25, -0.2) is 4.79 Å². The Balaban J connectivity index is 2.27. The molecule has 5 N–H and O–H groups in total. The Morgan fingerprint density at radius 1 is 1.13 bits per heavy atom. The van der Waals surface area contributed by atoms with Gasteiger partial charge in [0.25, 0.3) is 0 Å². The maximum atomic E-state index is 11.7. The number of nitrogens with one attached hydrogen (secondary N) is 1. The number of rotatable bonds is 7. The van der Waals surface area contributed by atoms with Crippen LogP contribution in [-0.2, 0) is 25.7 Å². The van der Waals surface area contributed by atoms with E-state index in [4.69, 9.17) is 14.2 Å². The van der Waals surface area contributed by atoms with E-state index in [1.807, 2.05) is 20.8 Å². The minimum Gasteiger partial charge on any atom is -0.479 e. The molecule has 1 heterocycles. The van der Waals surface area contributed by atoms with Crippen LogP contribution in [0.4, 0.5) is 5.69 Å². The number of aliphatic hydroxyl groups excluding tert-OH is 3. The van der Waals surface area contributed by atoms with Gasteiger partial charge in [-0.05, 0) is 38.5 Å². The third kappa shape index (κ3) is 6.54. The molecule has 10 nitrogen and oxygen atoms in total. The highest BCUT2D eigenvalue weighted by atomic mass is 16.7. The van der Waals surface area contributed by atoms with Crippen molar-refractivity contribution in [2.24, 2.45) is 5.92 Å². The van der Waals surface area contributed by atoms with Gasteiger partial charge in [0.1, 0.15) is 30.7 Å². The zero-order valence-electron chi connectivity index (χ0n) is 18.2. The van der Waals surface area contributed by atoms with E-state index in [0.29, 0.717) is 11.3 Å². The van der Waals surface area contributed by atoms with E-state index in [-0.39, 0.29) is 24.2 Å². The van der Waals surface area contributed by atoms with Gasteiger partial charge >= 0.3 is 11.9 Å². The Hall–Kier alpha value is -2.40. The Morgan fingerprint density at radius 3 is 2.32 bits per heavy atom. The van der Waals surface area contributed by atoms with Gasteiger partial charge in [0, 0.05) is 5.54 Å². The summed E-state index contributed by atoms with van der Waals surface area (Å²) in [5.74, 6) is -1.88. The topological polar surface area (TPSA) is 155 Å². The van der Waals surface area contributed by atoms with Crippen LogP contribution in [0.2, 0.25) is 0 Å². The number of ether oxygens (including phenoxy) is 3. The van der Waals surface area contributed by atoms with Gasteiger partial charge in [0.05, 0.1) is 11.6 Å². The van der Waals surface area contributed by atoms with Crippen LogP contribution in [0.15, 0.2) is 18.2 Å². The molecule has 0 aliphatic carbocycles. The number of aliphatic hydroxyl groups is 3. The van der Waals surface area contributed by atoms with Gasteiger partial charge in [-0.1, -0.05) is 19.9 Å². The number of anilines is 1. The number of carboxylic acids is 1. The maximum Gasteiger partial charge on any atom is 0.335 e. The summed E-state index contributed by atoms with van der Waals surface area (Å²) in [6, 6.07) is 4.89. The molecule has 0 radical (unpaired) electrons. The Bertz CT molecular complexity index is 790. The van der Waals surface area contributed by atoms with Gasteiger partial charge in [0.15, 0.2) is 6.10 Å². The van der Waals surface area contributed by atoms with Crippen LogP contribution in [0.5, 0.6) is 5.75 Å². The molecule has 174 valence electrons. The van der Waals surface area contributed by atoms with Crippen LogP contribution in [0.3, 0.4) is 0 Å². The first-order valence-electron chi connectivity index (χ1n) is 9.97. The smallest absolute Gasteiger partial charge is 0.335 e. The monoisotopic (exact) mass is 441 g/mol. The first kappa shape index (κ1) is 24.9. The largest absolute Gasteiger partial charge is 0.479 e. The Labute approximate surface area is 180 Å². The molecular formula is C21H31NO9. The molecule has 1 saturated heterocycles. The average Bonchev–Trinajstić information content (AvgIpc) is 2.66. The zero-order chi connectivity index (χ0) is 23.5. The fourth-order valence-corrected chi connectivity index (χ4v) is 2.87. The van der Waals surface area contributed by atoms with Crippen molar-refractivity contribution in [2.45, 2.75) is 77.5 Å². The van der Waals surface area contributed by atoms with Crippen molar-refractivity contribution >= 4 is 17.6 Å². The van der Waals surface area contributed by atoms with Crippen molar-refractivity contribution in [2.75, 3.05) is 5.32 Å². The van der Waals surface area contributed by atoms with Crippen molar-refractivity contribution in [3.05, 3.63) is 23.8 Å². The summed E-state index contributed by atoms with van der Waals surface area (Å²) in [4.78, 5) is 23.0. The van der Waals surface area contributed by atoms with Crippen molar-refractivity contribution < 1.29 is 44.2 Å². The van der Waals surface area contributed by atoms with E-state index in [9.17, 15) is 30.0 Å². The molecule has 2 rings (SSSR count). The molecule has 0 bridgehead atoms. The number of esters is 1. The van der Waals surface area contributed by atoms with Crippen LogP contribution in [0, 0.1) is 5.92 Å². The number of carboxylic acid groups (broad SMARTS) is 1. The van der Waals surface area contributed by atoms with Gasteiger partial charge in [-0.15, -0.1) is 0 Å². The van der Waals surface area contributed by atoms with Crippen molar-refractivity contribution in [1.29, 1.82) is 0 Å². The molecule has 1 aromatic rings. The molecule has 0 amide bonds. The molecule has 1 aliphatic rings. The van der Waals surface area contributed by atoms with Gasteiger partial charge in [-0.2, -0.15) is 0 Å². The summed E-state index contributed by atoms with van der Waals surface area (Å²) in [6.07, 6.45) is -8.56. The molecule has 5 atom stereocenters. The number of hydrogen-bond donors (Lipinski definition) is 5. The van der Waals surface area contributed by atoms with E-state index >= 15 is 0 Å². The standard InChI is InChI=1S/C21H31NO9/c1-10(2)19(28)29-9-11-6-7-13(12(8-11)22-21(3,4)5)30-20-16(25)14(23)15(24)17(31-20)18(26)27/h6-8,10,14-17,20,22-25H,9H2,1-5H3,(H,26,27)/t14-,15-,16+,17-,20+/m0/s1. The lowest BCUT2D eigenvalue weighted by Crippen LogP contribution is -2.61. The number of benzene rings is 1. The SMILES string of the molecule is CC(C)C(=O)OCc1ccc(O[C@@H]2O[C@H](C(=O)O)[C@@H](O)[C@H](O)[C@H]2O)c(NC(C)(C)C)c1. The summed E-state index contributed by atoms with van der Waals surface area (Å²) in [5.41, 5.74) is 0.766. The fraction of sp³-hybridized carbons (Fsp3) is 0.619. The molecule has 1 fully saturated rings. The van der Waals surface area contributed by atoms with Crippen molar-refractivity contribution in [1.82, 2.24) is 0 Å². The van der Waals surface area contributed by atoms with Crippen LogP contribution >= 0.6 is 0 Å². The normalized spacial score (nSPS) is 26.4. The molecule has 1 aromatic carbocycles. The van der Waals surface area contributed by atoms with E-state index in [0.717, 1.165) is 0 Å². The highest BCUT2D eigenvalue weighted by molar-refractivity contribution is 5.73. The summed E-state index contributed by atoms with van der Waals surface area (Å²) >= 11 is 0. The predicted octanol–water partition coefficient (Wildman–Crippen LogP) is 0.867. The fourth-order valence-electron chi connectivity index (χ4n) is 2.87. The lowest BCUT2D eigenvalue weighted by atomic mass is 9.99. The second-order valence-electron chi connectivity index (χ2n) is 8.82. The second-order valence-corrected chi connectivity index (χ2v) is 8.82. The molecule has 0 saturated carbocycles. The summed E-state index contributed by atoms with van der Waals surface area (Å²) in [6.45, 7) is 9.25. The minimum atomic E-state index is -1.81. The highest BCUT2D eigenvalue weighted by Gasteiger charge is 2.48. The van der Waals surface area contributed by atoms with Crippen LogP contribution in [0.25, 0.3) is 0 Å². The zero-order valence-corrected chi connectivity index (χ0v) is 18.2. The molecular weight excluding hydrogens is 410 g/mol. The molecule has 0 unspecified atom stereocenters. The number of carbonyl (C=O) groups is 2. The van der Waals surface area contributed by atoms with E-state index in [1.54, 1.807) is 32.0 Å². The quantitative estimate of drug-likeness (QED) is 0.385. The number of carbonyl (C=O) groups excluding carboxylic acids is 1. The molecule has 10 heteroatoms. The Kier molecular flexibility index (Phi) is 7.87. The van der Waals surface area contributed by atoms with Gasteiger partial charge in [-0.3, -0.25) is 4.79 Å². The van der Waals surface area contributed by atoms with Crippen LogP contribution in [0.1, 0.15) is 40.2 Å². The maximum absolute atomic E-state index is 11.7. The molecule has 0 spiro atoms. The third-order valence-electron chi connectivity index (χ3n) is 4.46. The minimum absolute atomic E-state index is 0.0463. The van der Waals surface area contributed by atoms with Crippen molar-refractivity contribution in [3.63, 3.8) is 0 Å². The average molecular weight is 441 g/mol. The van der Waals surface area contributed by atoms with Crippen molar-refractivity contribution in [3.8, 4) is 5.75 Å². The Morgan fingerprint density at radius 2 is 1.77 bits per heavy atom.